The Morgan fingerprint density at radius 1 is 1.28 bits per heavy atom. The highest BCUT2D eigenvalue weighted by atomic mass is 32.2. The van der Waals surface area contributed by atoms with Crippen LogP contribution in [0.1, 0.15) is 5.56 Å². The van der Waals surface area contributed by atoms with E-state index in [2.05, 4.69) is 15.5 Å². The lowest BCUT2D eigenvalue weighted by Crippen LogP contribution is -2.15. The molecular formula is C19H19N5O4S. The molecule has 3 rings (SSSR count). The number of nitro benzene ring substituents is 1. The number of ether oxygens (including phenoxy) is 1. The molecular weight excluding hydrogens is 394 g/mol. The Morgan fingerprint density at radius 2 is 2.03 bits per heavy atom. The predicted octanol–water partition coefficient (Wildman–Crippen LogP) is 3.44. The number of nitrogens with one attached hydrogen (secondary N) is 1. The van der Waals surface area contributed by atoms with Gasteiger partial charge in [-0.15, -0.1) is 10.2 Å². The molecule has 9 nitrogen and oxygen atoms in total. The Bertz CT molecular complexity index is 1070. The van der Waals surface area contributed by atoms with E-state index in [4.69, 9.17) is 4.74 Å². The third-order valence-corrected chi connectivity index (χ3v) is 5.23. The first-order chi connectivity index (χ1) is 13.9. The van der Waals surface area contributed by atoms with Gasteiger partial charge in [0.2, 0.25) is 5.91 Å². The standard InChI is InChI=1S/C19H19N5O4S/c1-12-10-13(24(26)27)8-9-15(12)20-17(25)11-29-19-22-21-18(23(19)2)14-6-4-5-7-16(14)28-3/h4-10H,11H2,1-3H3,(H,20,25). The number of aryl methyl sites for hydroxylation is 1. The van der Waals surface area contributed by atoms with Crippen LogP contribution in [0.3, 0.4) is 0 Å². The summed E-state index contributed by atoms with van der Waals surface area (Å²) in [6.45, 7) is 1.71. The number of amides is 1. The third kappa shape index (κ3) is 4.54. The number of carbonyl (C=O) groups excluding carboxylic acids is 1. The van der Waals surface area contributed by atoms with E-state index in [9.17, 15) is 14.9 Å². The van der Waals surface area contributed by atoms with Gasteiger partial charge in [-0.3, -0.25) is 14.9 Å². The van der Waals surface area contributed by atoms with Crippen molar-refractivity contribution < 1.29 is 14.5 Å². The maximum absolute atomic E-state index is 12.3. The lowest BCUT2D eigenvalue weighted by atomic mass is 10.2. The van der Waals surface area contributed by atoms with E-state index >= 15 is 0 Å². The Labute approximate surface area is 171 Å². The molecule has 1 amide bonds. The number of nitro groups is 1. The fraction of sp³-hybridized carbons (Fsp3) is 0.211. The predicted molar refractivity (Wildman–Crippen MR) is 110 cm³/mol. The molecule has 1 N–H and O–H groups in total. The first kappa shape index (κ1) is 20.3. The van der Waals surface area contributed by atoms with E-state index in [1.165, 1.54) is 30.0 Å². The van der Waals surface area contributed by atoms with E-state index in [0.29, 0.717) is 28.0 Å². The number of thioether (sulfide) groups is 1. The molecule has 3 aromatic rings. The van der Waals surface area contributed by atoms with E-state index in [1.54, 1.807) is 18.6 Å². The minimum atomic E-state index is -0.470. The largest absolute Gasteiger partial charge is 0.496 e. The van der Waals surface area contributed by atoms with Crippen LogP contribution >= 0.6 is 11.8 Å². The van der Waals surface area contributed by atoms with Gasteiger partial charge in [0.25, 0.3) is 5.69 Å². The van der Waals surface area contributed by atoms with Gasteiger partial charge in [-0.2, -0.15) is 0 Å². The van der Waals surface area contributed by atoms with Crippen LogP contribution < -0.4 is 10.1 Å². The summed E-state index contributed by atoms with van der Waals surface area (Å²) < 4.78 is 7.17. The molecule has 0 bridgehead atoms. The van der Waals surface area contributed by atoms with Gasteiger partial charge in [0, 0.05) is 24.9 Å². The van der Waals surface area contributed by atoms with E-state index in [-0.39, 0.29) is 17.3 Å². The van der Waals surface area contributed by atoms with Gasteiger partial charge in [-0.1, -0.05) is 23.9 Å². The lowest BCUT2D eigenvalue weighted by molar-refractivity contribution is -0.384. The van der Waals surface area contributed by atoms with Crippen molar-refractivity contribution in [2.75, 3.05) is 18.2 Å². The highest BCUT2D eigenvalue weighted by Gasteiger charge is 2.16. The summed E-state index contributed by atoms with van der Waals surface area (Å²) in [4.78, 5) is 22.6. The lowest BCUT2D eigenvalue weighted by Gasteiger charge is -2.09. The van der Waals surface area contributed by atoms with Gasteiger partial charge < -0.3 is 14.6 Å². The molecule has 1 heterocycles. The fourth-order valence-electron chi connectivity index (χ4n) is 2.72. The summed E-state index contributed by atoms with van der Waals surface area (Å²) in [6, 6.07) is 11.8. The minimum Gasteiger partial charge on any atom is -0.496 e. The zero-order valence-corrected chi connectivity index (χ0v) is 16.9. The van der Waals surface area contributed by atoms with E-state index in [1.807, 2.05) is 31.3 Å². The van der Waals surface area contributed by atoms with Crippen molar-refractivity contribution in [3.05, 3.63) is 58.1 Å². The topological polar surface area (TPSA) is 112 Å². The number of rotatable bonds is 7. The van der Waals surface area contributed by atoms with Crippen molar-refractivity contribution >= 4 is 29.0 Å². The number of nitrogens with zero attached hydrogens (tertiary/aromatic N) is 4. The molecule has 2 aromatic carbocycles. The Kier molecular flexibility index (Phi) is 6.13. The molecule has 0 fully saturated rings. The second-order valence-corrected chi connectivity index (χ2v) is 7.10. The van der Waals surface area contributed by atoms with Gasteiger partial charge in [0.15, 0.2) is 11.0 Å². The number of benzene rings is 2. The van der Waals surface area contributed by atoms with Crippen LogP contribution in [-0.4, -0.2) is 38.5 Å². The number of hydrogen-bond acceptors (Lipinski definition) is 7. The van der Waals surface area contributed by atoms with Gasteiger partial charge in [0.05, 0.1) is 23.3 Å². The monoisotopic (exact) mass is 413 g/mol. The zero-order chi connectivity index (χ0) is 21.0. The second kappa shape index (κ2) is 8.74. The molecule has 0 aliphatic heterocycles. The van der Waals surface area contributed by atoms with Crippen molar-refractivity contribution in [1.29, 1.82) is 0 Å². The van der Waals surface area contributed by atoms with Crippen molar-refractivity contribution in [2.24, 2.45) is 7.05 Å². The minimum absolute atomic E-state index is 0.0159. The quantitative estimate of drug-likeness (QED) is 0.359. The molecule has 0 saturated heterocycles. The summed E-state index contributed by atoms with van der Waals surface area (Å²) in [5.74, 6) is 1.20. The van der Waals surface area contributed by atoms with Crippen LogP contribution in [0.5, 0.6) is 5.75 Å². The van der Waals surface area contributed by atoms with E-state index in [0.717, 1.165) is 5.56 Å². The van der Waals surface area contributed by atoms with Crippen molar-refractivity contribution in [3.8, 4) is 17.1 Å². The maximum atomic E-state index is 12.3. The molecule has 0 radical (unpaired) electrons. The number of para-hydroxylation sites is 1. The summed E-state index contributed by atoms with van der Waals surface area (Å²) in [5.41, 5.74) is 1.95. The number of methoxy groups -OCH3 is 1. The molecule has 0 atom stereocenters. The Balaban J connectivity index is 1.67. The summed E-state index contributed by atoms with van der Waals surface area (Å²) >= 11 is 1.25. The number of anilines is 1. The van der Waals surface area contributed by atoms with Gasteiger partial charge in [0.1, 0.15) is 5.75 Å². The van der Waals surface area contributed by atoms with Gasteiger partial charge in [-0.05, 0) is 30.7 Å². The van der Waals surface area contributed by atoms with Gasteiger partial charge in [-0.25, -0.2) is 0 Å². The molecule has 0 aliphatic carbocycles. The van der Waals surface area contributed by atoms with Crippen molar-refractivity contribution in [2.45, 2.75) is 12.1 Å². The average Bonchev–Trinajstić information content (AvgIpc) is 3.08. The number of aromatic nitrogens is 3. The van der Waals surface area contributed by atoms with Crippen molar-refractivity contribution in [1.82, 2.24) is 14.8 Å². The van der Waals surface area contributed by atoms with Crippen LogP contribution in [0, 0.1) is 17.0 Å². The first-order valence-electron chi connectivity index (χ1n) is 8.61. The van der Waals surface area contributed by atoms with Crippen molar-refractivity contribution in [3.63, 3.8) is 0 Å². The number of carbonyl (C=O) groups is 1. The highest BCUT2D eigenvalue weighted by Crippen LogP contribution is 2.30. The SMILES string of the molecule is COc1ccccc1-c1nnc(SCC(=O)Nc2ccc([N+](=O)[O-])cc2C)n1C. The first-order valence-corrected chi connectivity index (χ1v) is 9.59. The Hall–Kier alpha value is -3.40. The van der Waals surface area contributed by atoms with Crippen LogP contribution in [0.15, 0.2) is 47.6 Å². The second-order valence-electron chi connectivity index (χ2n) is 6.16. The Morgan fingerprint density at radius 3 is 2.72 bits per heavy atom. The average molecular weight is 413 g/mol. The summed E-state index contributed by atoms with van der Waals surface area (Å²) in [6.07, 6.45) is 0. The number of hydrogen-bond donors (Lipinski definition) is 1. The smallest absolute Gasteiger partial charge is 0.269 e. The molecule has 0 aliphatic rings. The molecule has 29 heavy (non-hydrogen) atoms. The van der Waals surface area contributed by atoms with Gasteiger partial charge >= 0.3 is 0 Å². The molecule has 1 aromatic heterocycles. The summed E-state index contributed by atoms with van der Waals surface area (Å²) in [7, 11) is 3.41. The highest BCUT2D eigenvalue weighted by molar-refractivity contribution is 7.99. The molecule has 0 saturated carbocycles. The van der Waals surface area contributed by atoms with Crippen LogP contribution in [0.2, 0.25) is 0 Å². The van der Waals surface area contributed by atoms with E-state index < -0.39 is 4.92 Å². The maximum Gasteiger partial charge on any atom is 0.269 e. The number of non-ortho nitro benzene ring substituents is 1. The summed E-state index contributed by atoms with van der Waals surface area (Å²) in [5, 5.41) is 22.5. The molecule has 0 unspecified atom stereocenters. The normalized spacial score (nSPS) is 10.6. The third-order valence-electron chi connectivity index (χ3n) is 4.21. The fourth-order valence-corrected chi connectivity index (χ4v) is 3.43. The molecule has 10 heteroatoms. The van der Waals surface area contributed by atoms with Crippen LogP contribution in [0.4, 0.5) is 11.4 Å². The van der Waals surface area contributed by atoms with Crippen LogP contribution in [-0.2, 0) is 11.8 Å². The zero-order valence-electron chi connectivity index (χ0n) is 16.1. The molecule has 150 valence electrons. The van der Waals surface area contributed by atoms with Crippen LogP contribution in [0.25, 0.3) is 11.4 Å². The molecule has 0 spiro atoms.